The number of rotatable bonds is 6. The monoisotopic (exact) mass is 181 g/mol. The number of imidazole rings is 1. The zero-order valence-corrected chi connectivity index (χ0v) is 8.51. The van der Waals surface area contributed by atoms with Gasteiger partial charge in [0.25, 0.3) is 0 Å². The van der Waals surface area contributed by atoms with Crippen LogP contribution in [-0.4, -0.2) is 16.5 Å². The summed E-state index contributed by atoms with van der Waals surface area (Å²) in [4.78, 5) is 7.19. The van der Waals surface area contributed by atoms with Crippen molar-refractivity contribution in [2.24, 2.45) is 5.92 Å². The normalized spacial score (nSPS) is 11.0. The van der Waals surface area contributed by atoms with E-state index in [-0.39, 0.29) is 0 Å². The predicted octanol–water partition coefficient (Wildman–Crippen LogP) is 1.94. The topological polar surface area (TPSA) is 40.7 Å². The van der Waals surface area contributed by atoms with Crippen molar-refractivity contribution in [3.63, 3.8) is 0 Å². The van der Waals surface area contributed by atoms with Crippen LogP contribution in [0.15, 0.2) is 12.4 Å². The average Bonchev–Trinajstić information content (AvgIpc) is 2.55. The highest BCUT2D eigenvalue weighted by Crippen LogP contribution is 2.01. The van der Waals surface area contributed by atoms with Crippen LogP contribution in [0.25, 0.3) is 0 Å². The van der Waals surface area contributed by atoms with E-state index < -0.39 is 0 Å². The van der Waals surface area contributed by atoms with Gasteiger partial charge in [-0.3, -0.25) is 0 Å². The second-order valence-electron chi connectivity index (χ2n) is 3.75. The van der Waals surface area contributed by atoms with Crippen molar-refractivity contribution in [3.05, 3.63) is 18.2 Å². The highest BCUT2D eigenvalue weighted by atomic mass is 15.0. The first-order valence-corrected chi connectivity index (χ1v) is 4.98. The number of H-pyrrole nitrogens is 1. The van der Waals surface area contributed by atoms with Gasteiger partial charge in [0.2, 0.25) is 0 Å². The molecule has 0 atom stereocenters. The van der Waals surface area contributed by atoms with Gasteiger partial charge in [0.15, 0.2) is 0 Å². The molecule has 13 heavy (non-hydrogen) atoms. The second-order valence-corrected chi connectivity index (χ2v) is 3.75. The molecule has 0 unspecified atom stereocenters. The van der Waals surface area contributed by atoms with Crippen LogP contribution >= 0.6 is 0 Å². The molecule has 0 saturated carbocycles. The van der Waals surface area contributed by atoms with Crippen molar-refractivity contribution < 1.29 is 0 Å². The Morgan fingerprint density at radius 2 is 2.38 bits per heavy atom. The number of aromatic nitrogens is 2. The zero-order valence-electron chi connectivity index (χ0n) is 8.51. The number of aromatic amines is 1. The van der Waals surface area contributed by atoms with Crippen molar-refractivity contribution >= 4 is 0 Å². The zero-order chi connectivity index (χ0) is 9.52. The molecule has 0 radical (unpaired) electrons. The fourth-order valence-corrected chi connectivity index (χ4v) is 1.24. The van der Waals surface area contributed by atoms with Crippen molar-refractivity contribution in [2.75, 3.05) is 6.54 Å². The van der Waals surface area contributed by atoms with E-state index >= 15 is 0 Å². The van der Waals surface area contributed by atoms with Crippen molar-refractivity contribution in [3.8, 4) is 0 Å². The van der Waals surface area contributed by atoms with E-state index in [1.165, 1.54) is 12.8 Å². The number of hydrogen-bond acceptors (Lipinski definition) is 2. The first-order chi connectivity index (χ1) is 6.29. The fourth-order valence-electron chi connectivity index (χ4n) is 1.24. The Morgan fingerprint density at radius 1 is 1.54 bits per heavy atom. The minimum Gasteiger partial charge on any atom is -0.348 e. The lowest BCUT2D eigenvalue weighted by Gasteiger charge is -2.04. The molecule has 0 fully saturated rings. The Kier molecular flexibility index (Phi) is 4.54. The summed E-state index contributed by atoms with van der Waals surface area (Å²) in [6, 6.07) is 0. The van der Waals surface area contributed by atoms with Crippen molar-refractivity contribution in [1.29, 1.82) is 0 Å². The average molecular weight is 181 g/mol. The molecule has 0 aliphatic carbocycles. The SMILES string of the molecule is CC(C)CCCNCc1ncc[nH]1. The third kappa shape index (κ3) is 4.68. The molecule has 0 amide bonds. The molecule has 0 spiro atoms. The maximum atomic E-state index is 4.13. The number of nitrogens with zero attached hydrogens (tertiary/aromatic N) is 1. The van der Waals surface area contributed by atoms with Crippen LogP contribution in [0.2, 0.25) is 0 Å². The summed E-state index contributed by atoms with van der Waals surface area (Å²) in [5.74, 6) is 1.83. The first-order valence-electron chi connectivity index (χ1n) is 4.98. The molecule has 3 nitrogen and oxygen atoms in total. The minimum atomic E-state index is 0.811. The Balaban J connectivity index is 1.96. The molecule has 0 saturated heterocycles. The van der Waals surface area contributed by atoms with Crippen LogP contribution in [0.5, 0.6) is 0 Å². The van der Waals surface area contributed by atoms with Gasteiger partial charge in [-0.2, -0.15) is 0 Å². The van der Waals surface area contributed by atoms with Gasteiger partial charge in [-0.1, -0.05) is 13.8 Å². The summed E-state index contributed by atoms with van der Waals surface area (Å²) in [5, 5.41) is 3.35. The number of nitrogens with one attached hydrogen (secondary N) is 2. The molecule has 0 aliphatic rings. The molecule has 0 aliphatic heterocycles. The lowest BCUT2D eigenvalue weighted by atomic mass is 10.1. The van der Waals surface area contributed by atoms with E-state index in [1.54, 1.807) is 6.20 Å². The third-order valence-electron chi connectivity index (χ3n) is 1.98. The fraction of sp³-hybridized carbons (Fsp3) is 0.700. The first kappa shape index (κ1) is 10.3. The molecule has 1 aromatic heterocycles. The van der Waals surface area contributed by atoms with Gasteiger partial charge in [-0.15, -0.1) is 0 Å². The summed E-state index contributed by atoms with van der Waals surface area (Å²) in [6.45, 7) is 6.45. The number of hydrogen-bond donors (Lipinski definition) is 2. The standard InChI is InChI=1S/C10H19N3/c1-9(2)4-3-5-11-8-10-12-6-7-13-10/h6-7,9,11H,3-5,8H2,1-2H3,(H,12,13). The van der Waals surface area contributed by atoms with Crippen LogP contribution < -0.4 is 5.32 Å². The molecule has 1 rings (SSSR count). The van der Waals surface area contributed by atoms with E-state index in [0.29, 0.717) is 0 Å². The molecule has 0 aromatic carbocycles. The van der Waals surface area contributed by atoms with E-state index in [9.17, 15) is 0 Å². The Morgan fingerprint density at radius 3 is 3.00 bits per heavy atom. The molecular weight excluding hydrogens is 162 g/mol. The lowest BCUT2D eigenvalue weighted by molar-refractivity contribution is 0.524. The maximum Gasteiger partial charge on any atom is 0.120 e. The summed E-state index contributed by atoms with van der Waals surface area (Å²) < 4.78 is 0. The van der Waals surface area contributed by atoms with Gasteiger partial charge in [0.1, 0.15) is 5.82 Å². The van der Waals surface area contributed by atoms with Crippen molar-refractivity contribution in [2.45, 2.75) is 33.2 Å². The van der Waals surface area contributed by atoms with Gasteiger partial charge in [-0.05, 0) is 25.3 Å². The maximum absolute atomic E-state index is 4.13. The summed E-state index contributed by atoms with van der Waals surface area (Å²) >= 11 is 0. The molecule has 3 heteroatoms. The Hall–Kier alpha value is -0.830. The lowest BCUT2D eigenvalue weighted by Crippen LogP contribution is -2.16. The molecular formula is C10H19N3. The summed E-state index contributed by atoms with van der Waals surface area (Å²) in [7, 11) is 0. The quantitative estimate of drug-likeness (QED) is 0.658. The highest BCUT2D eigenvalue weighted by molar-refractivity contribution is 4.85. The molecule has 0 bridgehead atoms. The summed E-state index contributed by atoms with van der Waals surface area (Å²) in [5.41, 5.74) is 0. The molecule has 1 heterocycles. The summed E-state index contributed by atoms with van der Waals surface area (Å²) in [6.07, 6.45) is 6.18. The van der Waals surface area contributed by atoms with Crippen LogP contribution in [0.3, 0.4) is 0 Å². The molecule has 1 aromatic rings. The van der Waals surface area contributed by atoms with Crippen molar-refractivity contribution in [1.82, 2.24) is 15.3 Å². The predicted molar refractivity (Wildman–Crippen MR) is 54.4 cm³/mol. The Bertz CT molecular complexity index is 204. The van der Waals surface area contributed by atoms with Gasteiger partial charge in [0.05, 0.1) is 6.54 Å². The van der Waals surface area contributed by atoms with Gasteiger partial charge in [0, 0.05) is 12.4 Å². The Labute approximate surface area is 80.0 Å². The van der Waals surface area contributed by atoms with Crippen LogP contribution in [-0.2, 0) is 6.54 Å². The minimum absolute atomic E-state index is 0.811. The second kappa shape index (κ2) is 5.75. The van der Waals surface area contributed by atoms with Gasteiger partial charge < -0.3 is 10.3 Å². The third-order valence-corrected chi connectivity index (χ3v) is 1.98. The van der Waals surface area contributed by atoms with Crippen LogP contribution in [0.4, 0.5) is 0 Å². The van der Waals surface area contributed by atoms with E-state index in [2.05, 4.69) is 29.1 Å². The molecule has 2 N–H and O–H groups in total. The van der Waals surface area contributed by atoms with E-state index in [4.69, 9.17) is 0 Å². The highest BCUT2D eigenvalue weighted by Gasteiger charge is 1.95. The smallest absolute Gasteiger partial charge is 0.120 e. The van der Waals surface area contributed by atoms with E-state index in [0.717, 1.165) is 24.8 Å². The van der Waals surface area contributed by atoms with Crippen LogP contribution in [0, 0.1) is 5.92 Å². The largest absolute Gasteiger partial charge is 0.348 e. The van der Waals surface area contributed by atoms with Gasteiger partial charge in [-0.25, -0.2) is 4.98 Å². The molecule has 74 valence electrons. The van der Waals surface area contributed by atoms with Gasteiger partial charge >= 0.3 is 0 Å². The van der Waals surface area contributed by atoms with E-state index in [1.807, 2.05) is 6.20 Å². The van der Waals surface area contributed by atoms with Crippen LogP contribution in [0.1, 0.15) is 32.5 Å².